The van der Waals surface area contributed by atoms with E-state index in [0.717, 1.165) is 35.0 Å². The van der Waals surface area contributed by atoms with Gasteiger partial charge in [0, 0.05) is 12.5 Å². The third kappa shape index (κ3) is 2.01. The molecule has 0 saturated heterocycles. The molecule has 114 valence electrons. The van der Waals surface area contributed by atoms with Crippen molar-refractivity contribution in [1.29, 1.82) is 0 Å². The van der Waals surface area contributed by atoms with Gasteiger partial charge < -0.3 is 15.6 Å². The predicted octanol–water partition coefficient (Wildman–Crippen LogP) is 2.39. The molecule has 1 aromatic rings. The standard InChI is InChI=1S/C18H25NO2/c1-21-13-4-2-3-10(8-13)14(9-19)18(20)17-15-11-5-6-12(7-11)16(15)17/h2-4,8,11-12,14-18,20H,5-7,9,19H2,1H3. The number of aliphatic hydroxyl groups is 1. The van der Waals surface area contributed by atoms with Crippen LogP contribution in [-0.2, 0) is 0 Å². The third-order valence-electron chi connectivity index (χ3n) is 6.38. The highest BCUT2D eigenvalue weighted by Crippen LogP contribution is 2.71. The molecular weight excluding hydrogens is 262 g/mol. The van der Waals surface area contributed by atoms with E-state index in [0.29, 0.717) is 12.5 Å². The second-order valence-corrected chi connectivity index (χ2v) is 7.17. The maximum atomic E-state index is 10.9. The van der Waals surface area contributed by atoms with E-state index in [1.54, 1.807) is 7.11 Å². The maximum absolute atomic E-state index is 10.9. The van der Waals surface area contributed by atoms with Crippen molar-refractivity contribution in [1.82, 2.24) is 0 Å². The molecule has 0 aliphatic heterocycles. The van der Waals surface area contributed by atoms with Crippen LogP contribution in [0.25, 0.3) is 0 Å². The third-order valence-corrected chi connectivity index (χ3v) is 6.38. The summed E-state index contributed by atoms with van der Waals surface area (Å²) in [6.07, 6.45) is 3.91. The van der Waals surface area contributed by atoms with Crippen LogP contribution in [0.3, 0.4) is 0 Å². The molecule has 3 aliphatic carbocycles. The summed E-state index contributed by atoms with van der Waals surface area (Å²) in [4.78, 5) is 0. The van der Waals surface area contributed by atoms with Gasteiger partial charge in [0.15, 0.2) is 0 Å². The smallest absolute Gasteiger partial charge is 0.119 e. The normalized spacial score (nSPS) is 38.9. The summed E-state index contributed by atoms with van der Waals surface area (Å²) < 4.78 is 5.30. The lowest BCUT2D eigenvalue weighted by molar-refractivity contribution is 0.102. The Morgan fingerprint density at radius 2 is 2.00 bits per heavy atom. The molecule has 3 aliphatic rings. The fraction of sp³-hybridized carbons (Fsp3) is 0.667. The molecule has 3 saturated carbocycles. The monoisotopic (exact) mass is 287 g/mol. The van der Waals surface area contributed by atoms with Gasteiger partial charge in [0.2, 0.25) is 0 Å². The van der Waals surface area contributed by atoms with Gasteiger partial charge in [-0.25, -0.2) is 0 Å². The minimum atomic E-state index is -0.291. The quantitative estimate of drug-likeness (QED) is 0.874. The number of nitrogens with two attached hydrogens (primary N) is 1. The Balaban J connectivity index is 1.53. The van der Waals surface area contributed by atoms with E-state index in [4.69, 9.17) is 10.5 Å². The first-order valence-electron chi connectivity index (χ1n) is 8.26. The van der Waals surface area contributed by atoms with Crippen LogP contribution in [-0.4, -0.2) is 24.9 Å². The number of fused-ring (bicyclic) bond motifs is 5. The number of methoxy groups -OCH3 is 1. The Morgan fingerprint density at radius 3 is 2.62 bits per heavy atom. The molecular formula is C18H25NO2. The lowest BCUT2D eigenvalue weighted by atomic mass is 9.86. The predicted molar refractivity (Wildman–Crippen MR) is 82.1 cm³/mol. The van der Waals surface area contributed by atoms with Gasteiger partial charge in [-0.15, -0.1) is 0 Å². The van der Waals surface area contributed by atoms with Crippen LogP contribution in [0.5, 0.6) is 5.75 Å². The highest BCUT2D eigenvalue weighted by atomic mass is 16.5. The molecule has 6 unspecified atom stereocenters. The van der Waals surface area contributed by atoms with Gasteiger partial charge in [0.25, 0.3) is 0 Å². The molecule has 0 aromatic heterocycles. The molecule has 0 radical (unpaired) electrons. The van der Waals surface area contributed by atoms with E-state index in [1.165, 1.54) is 19.3 Å². The van der Waals surface area contributed by atoms with Crippen LogP contribution in [0.2, 0.25) is 0 Å². The second kappa shape index (κ2) is 4.99. The number of hydrogen-bond donors (Lipinski definition) is 2. The summed E-state index contributed by atoms with van der Waals surface area (Å²) in [6.45, 7) is 0.500. The Bertz CT molecular complexity index is 516. The van der Waals surface area contributed by atoms with Crippen LogP contribution >= 0.6 is 0 Å². The molecule has 6 atom stereocenters. The molecule has 3 fully saturated rings. The molecule has 1 aromatic carbocycles. The van der Waals surface area contributed by atoms with Crippen LogP contribution < -0.4 is 10.5 Å². The molecule has 2 bridgehead atoms. The van der Waals surface area contributed by atoms with Gasteiger partial charge in [-0.3, -0.25) is 0 Å². The zero-order valence-electron chi connectivity index (χ0n) is 12.6. The van der Waals surface area contributed by atoms with Crippen molar-refractivity contribution in [2.75, 3.05) is 13.7 Å². The summed E-state index contributed by atoms with van der Waals surface area (Å²) in [5.41, 5.74) is 7.11. The fourth-order valence-electron chi connectivity index (χ4n) is 5.46. The van der Waals surface area contributed by atoms with Crippen molar-refractivity contribution >= 4 is 0 Å². The Morgan fingerprint density at radius 1 is 1.29 bits per heavy atom. The molecule has 4 rings (SSSR count). The van der Waals surface area contributed by atoms with E-state index < -0.39 is 0 Å². The van der Waals surface area contributed by atoms with Gasteiger partial charge in [0.05, 0.1) is 13.2 Å². The van der Waals surface area contributed by atoms with Crippen molar-refractivity contribution in [2.45, 2.75) is 31.3 Å². The van der Waals surface area contributed by atoms with Crippen molar-refractivity contribution in [3.63, 3.8) is 0 Å². The number of hydrogen-bond acceptors (Lipinski definition) is 3. The van der Waals surface area contributed by atoms with Crippen LogP contribution in [0, 0.1) is 29.6 Å². The molecule has 3 N–H and O–H groups in total. The van der Waals surface area contributed by atoms with Crippen LogP contribution in [0.15, 0.2) is 24.3 Å². The van der Waals surface area contributed by atoms with Crippen molar-refractivity contribution in [3.8, 4) is 5.75 Å². The molecule has 3 heteroatoms. The van der Waals surface area contributed by atoms with Gasteiger partial charge in [0.1, 0.15) is 5.75 Å². The molecule has 0 amide bonds. The number of rotatable bonds is 5. The summed E-state index contributed by atoms with van der Waals surface area (Å²) in [5.74, 6) is 4.74. The van der Waals surface area contributed by atoms with Crippen molar-refractivity contribution < 1.29 is 9.84 Å². The van der Waals surface area contributed by atoms with E-state index in [2.05, 4.69) is 6.07 Å². The second-order valence-electron chi connectivity index (χ2n) is 7.17. The summed E-state index contributed by atoms with van der Waals surface area (Å²) in [5, 5.41) is 10.9. The molecule has 0 spiro atoms. The maximum Gasteiger partial charge on any atom is 0.119 e. The zero-order valence-corrected chi connectivity index (χ0v) is 12.6. The highest BCUT2D eigenvalue weighted by molar-refractivity contribution is 5.32. The van der Waals surface area contributed by atoms with Gasteiger partial charge >= 0.3 is 0 Å². The van der Waals surface area contributed by atoms with Crippen LogP contribution in [0.4, 0.5) is 0 Å². The average Bonchev–Trinajstić information content (AvgIpc) is 2.96. The first-order chi connectivity index (χ1) is 10.2. The SMILES string of the molecule is COc1cccc(C(CN)C(O)C2C3C4CCC(C4)C32)c1. The molecule has 21 heavy (non-hydrogen) atoms. The first-order valence-corrected chi connectivity index (χ1v) is 8.26. The fourth-order valence-corrected chi connectivity index (χ4v) is 5.46. The van der Waals surface area contributed by atoms with Gasteiger partial charge in [-0.2, -0.15) is 0 Å². The number of aliphatic hydroxyl groups excluding tert-OH is 1. The zero-order chi connectivity index (χ0) is 14.6. The largest absolute Gasteiger partial charge is 0.497 e. The lowest BCUT2D eigenvalue weighted by Crippen LogP contribution is -2.29. The van der Waals surface area contributed by atoms with Crippen molar-refractivity contribution in [2.24, 2.45) is 35.3 Å². The summed E-state index contributed by atoms with van der Waals surface area (Å²) >= 11 is 0. The Kier molecular flexibility index (Phi) is 3.23. The first kappa shape index (κ1) is 13.6. The van der Waals surface area contributed by atoms with E-state index in [9.17, 15) is 5.11 Å². The molecule has 0 heterocycles. The minimum Gasteiger partial charge on any atom is -0.497 e. The minimum absolute atomic E-state index is 0.0371. The topological polar surface area (TPSA) is 55.5 Å². The molecule has 3 nitrogen and oxygen atoms in total. The van der Waals surface area contributed by atoms with Crippen LogP contribution in [0.1, 0.15) is 30.7 Å². The van der Waals surface area contributed by atoms with Gasteiger partial charge in [-0.1, -0.05) is 12.1 Å². The average molecular weight is 287 g/mol. The van der Waals surface area contributed by atoms with Gasteiger partial charge in [-0.05, 0) is 66.5 Å². The lowest BCUT2D eigenvalue weighted by Gasteiger charge is -2.24. The van der Waals surface area contributed by atoms with E-state index in [-0.39, 0.29) is 12.0 Å². The summed E-state index contributed by atoms with van der Waals surface area (Å²) in [7, 11) is 1.68. The summed E-state index contributed by atoms with van der Waals surface area (Å²) in [6, 6.07) is 8.01. The highest BCUT2D eigenvalue weighted by Gasteiger charge is 2.67. The van der Waals surface area contributed by atoms with Crippen molar-refractivity contribution in [3.05, 3.63) is 29.8 Å². The number of ether oxygens (including phenoxy) is 1. The Labute approximate surface area is 126 Å². The van der Waals surface area contributed by atoms with E-state index >= 15 is 0 Å². The number of benzene rings is 1. The Hall–Kier alpha value is -1.06. The van der Waals surface area contributed by atoms with E-state index in [1.807, 2.05) is 18.2 Å².